The van der Waals surface area contributed by atoms with Crippen molar-refractivity contribution in [3.63, 3.8) is 0 Å². The minimum atomic E-state index is -4.82. The molecular weight excluding hydrogens is 447 g/mol. The highest BCUT2D eigenvalue weighted by atomic mass is 31.3. The largest absolute Gasteiger partial charge is 0.539 e. The molecule has 0 radical (unpaired) electrons. The lowest BCUT2D eigenvalue weighted by Gasteiger charge is -2.17. The third kappa shape index (κ3) is 5.32. The number of aromatic nitrogens is 3. The number of nitroso groups, excluding NO2 is 1. The summed E-state index contributed by atoms with van der Waals surface area (Å²) in [6.45, 7) is 1.01. The van der Waals surface area contributed by atoms with Gasteiger partial charge in [-0.15, -0.1) is 4.91 Å². The monoisotopic (exact) mass is 466 g/mol. The fraction of sp³-hybridized carbons (Fsp3) is 0.538. The van der Waals surface area contributed by atoms with Crippen LogP contribution in [0.5, 0.6) is 0 Å². The summed E-state index contributed by atoms with van der Waals surface area (Å²) >= 11 is 0. The van der Waals surface area contributed by atoms with E-state index in [1.54, 1.807) is 16.8 Å². The van der Waals surface area contributed by atoms with Crippen molar-refractivity contribution in [2.24, 2.45) is 4.95 Å². The molecule has 3 rings (SSSR count). The Bertz CT molecular complexity index is 1030. The van der Waals surface area contributed by atoms with Crippen LogP contribution in [0.25, 0.3) is 11.0 Å². The molecule has 0 amide bonds. The van der Waals surface area contributed by atoms with Gasteiger partial charge in [-0.2, -0.15) is 0 Å². The predicted molar refractivity (Wildman–Crippen MR) is 103 cm³/mol. The molecule has 3 N–H and O–H groups in total. The van der Waals surface area contributed by atoms with Crippen LogP contribution in [0.4, 0.5) is 5.82 Å². The Hall–Kier alpha value is -1.58. The third-order valence-corrected chi connectivity index (χ3v) is 8.83. The van der Waals surface area contributed by atoms with Crippen LogP contribution in [0.2, 0.25) is 0 Å². The number of nitrogens with two attached hydrogens (primary N) is 1. The number of hydrogen-bond acceptors (Lipinski definition) is 10. The summed E-state index contributed by atoms with van der Waals surface area (Å²) in [6.07, 6.45) is 3.26. The Morgan fingerprint density at radius 3 is 2.90 bits per heavy atom. The van der Waals surface area contributed by atoms with Crippen molar-refractivity contribution in [1.29, 1.82) is 0 Å². The molecule has 0 aliphatic carbocycles. The Kier molecular flexibility index (Phi) is 6.60. The summed E-state index contributed by atoms with van der Waals surface area (Å²) in [5.41, 5.74) is 6.44. The molecule has 13 nitrogen and oxygen atoms in total. The highest BCUT2D eigenvalue weighted by molar-refractivity contribution is 7.69. The maximum atomic E-state index is 12.1. The second-order valence-electron chi connectivity index (χ2n) is 6.31. The van der Waals surface area contributed by atoms with Crippen LogP contribution in [0.15, 0.2) is 23.5 Å². The van der Waals surface area contributed by atoms with Crippen molar-refractivity contribution in [1.82, 2.24) is 14.5 Å². The first-order chi connectivity index (χ1) is 13.6. The van der Waals surface area contributed by atoms with Gasteiger partial charge in [0.2, 0.25) is 0 Å². The van der Waals surface area contributed by atoms with Gasteiger partial charge in [-0.05, 0) is 34.2 Å². The molecule has 16 heteroatoms. The molecule has 5 atom stereocenters. The van der Waals surface area contributed by atoms with Crippen molar-refractivity contribution < 1.29 is 31.9 Å². The van der Waals surface area contributed by atoms with Crippen molar-refractivity contribution >= 4 is 40.2 Å². The molecule has 2 aromatic heterocycles. The van der Waals surface area contributed by atoms with Gasteiger partial charge in [0.25, 0.3) is 0 Å². The van der Waals surface area contributed by atoms with Gasteiger partial charge in [-0.3, -0.25) is 4.57 Å². The van der Waals surface area contributed by atoms with Crippen LogP contribution >= 0.6 is 23.4 Å². The molecule has 1 aliphatic rings. The summed E-state index contributed by atoms with van der Waals surface area (Å²) in [5.74, 6) is 0.353. The van der Waals surface area contributed by atoms with Gasteiger partial charge in [0, 0.05) is 6.20 Å². The van der Waals surface area contributed by atoms with Crippen molar-refractivity contribution in [2.75, 3.05) is 18.6 Å². The Morgan fingerprint density at radius 1 is 1.45 bits per heavy atom. The van der Waals surface area contributed by atoms with Crippen LogP contribution in [-0.2, 0) is 27.1 Å². The fourth-order valence-corrected chi connectivity index (χ4v) is 7.05. The second-order valence-corrected chi connectivity index (χ2v) is 11.3. The molecule has 0 bridgehead atoms. The molecular formula is C13H19N5O8P3+. The zero-order valence-corrected chi connectivity index (χ0v) is 17.9. The molecule has 158 valence electrons. The van der Waals surface area contributed by atoms with Gasteiger partial charge in [0.15, 0.2) is 6.66 Å². The van der Waals surface area contributed by atoms with Gasteiger partial charge >= 0.3 is 23.4 Å². The average molecular weight is 466 g/mol. The zero-order valence-electron chi connectivity index (χ0n) is 15.2. The van der Waals surface area contributed by atoms with Gasteiger partial charge < -0.3 is 19.9 Å². The van der Waals surface area contributed by atoms with Gasteiger partial charge in [-0.25, -0.2) is 18.8 Å². The molecule has 2 aromatic rings. The number of anilines is 1. The smallest absolute Gasteiger partial charge is 0.383 e. The summed E-state index contributed by atoms with van der Waals surface area (Å²) in [6, 6.07) is 1.78. The maximum Gasteiger partial charge on any atom is 0.539 e. The summed E-state index contributed by atoms with van der Waals surface area (Å²) in [4.78, 5) is 30.7. The van der Waals surface area contributed by atoms with Crippen LogP contribution in [0.1, 0.15) is 25.5 Å². The maximum absolute atomic E-state index is 12.1. The highest BCUT2D eigenvalue weighted by Crippen LogP contribution is 2.66. The first-order valence-corrected chi connectivity index (χ1v) is 13.3. The van der Waals surface area contributed by atoms with E-state index in [0.717, 1.165) is 6.66 Å². The minimum absolute atomic E-state index is 0.0950. The van der Waals surface area contributed by atoms with E-state index in [4.69, 9.17) is 10.5 Å². The number of rotatable bonds is 9. The van der Waals surface area contributed by atoms with Crippen molar-refractivity contribution in [3.8, 4) is 0 Å². The zero-order chi connectivity index (χ0) is 21.2. The Labute approximate surface area is 165 Å². The number of fused-ring (bicyclic) bond motifs is 1. The third-order valence-electron chi connectivity index (χ3n) is 4.22. The van der Waals surface area contributed by atoms with Crippen LogP contribution in [0, 0.1) is 4.91 Å². The van der Waals surface area contributed by atoms with E-state index in [1.807, 2.05) is 0 Å². The van der Waals surface area contributed by atoms with E-state index < -0.39 is 29.5 Å². The summed E-state index contributed by atoms with van der Waals surface area (Å²) in [5, 5.41) is 0.694. The standard InChI is InChI=1S/C13H18N5O8P3/c1-27(20)25-29(23,17-19)26-28(21,22)7-5-9-2-3-11(24-9)18-6-4-10-12(14)15-8-16-13(10)18/h4,6,8-9,11H,2-3,5,7H2,1H3,(H2-,14,15,16,21,22)/p+1/t9-,11+,29?/m0/s1. The van der Waals surface area contributed by atoms with E-state index >= 15 is 0 Å². The number of nitrogens with zero attached hydrogens (tertiary/aromatic N) is 4. The summed E-state index contributed by atoms with van der Waals surface area (Å²) < 4.78 is 51.4. The lowest BCUT2D eigenvalue weighted by Crippen LogP contribution is -2.13. The van der Waals surface area contributed by atoms with Crippen molar-refractivity contribution in [3.05, 3.63) is 23.5 Å². The van der Waals surface area contributed by atoms with E-state index in [2.05, 4.69) is 23.5 Å². The molecule has 0 spiro atoms. The Morgan fingerprint density at radius 2 is 2.21 bits per heavy atom. The predicted octanol–water partition coefficient (Wildman–Crippen LogP) is 3.55. The normalized spacial score (nSPS) is 24.1. The molecule has 0 saturated carbocycles. The average Bonchev–Trinajstić information content (AvgIpc) is 3.26. The SMILES string of the molecule is C[P+](=O)OP(=O)(N=O)OP(=O)(O)CC[C@@H]1CC[C@H](n2ccc3c(N)ncnc32)O1. The topological polar surface area (TPSA) is 185 Å². The van der Waals surface area contributed by atoms with Crippen LogP contribution in [0.3, 0.4) is 0 Å². The number of ether oxygens (including phenoxy) is 1. The highest BCUT2D eigenvalue weighted by Gasteiger charge is 2.43. The Balaban J connectivity index is 1.60. The van der Waals surface area contributed by atoms with Gasteiger partial charge in [0.1, 0.15) is 24.0 Å². The number of nitrogen functional groups attached to an aromatic ring is 1. The summed E-state index contributed by atoms with van der Waals surface area (Å²) in [7, 11) is -11.8. The first-order valence-electron chi connectivity index (χ1n) is 8.43. The molecule has 1 fully saturated rings. The van der Waals surface area contributed by atoms with Gasteiger partial charge in [-0.1, -0.05) is 0 Å². The minimum Gasteiger partial charge on any atom is -0.383 e. The second kappa shape index (κ2) is 8.65. The fourth-order valence-electron chi connectivity index (χ4n) is 3.03. The molecule has 29 heavy (non-hydrogen) atoms. The lowest BCUT2D eigenvalue weighted by molar-refractivity contribution is 0.00311. The van der Waals surface area contributed by atoms with E-state index in [1.165, 1.54) is 6.33 Å². The van der Waals surface area contributed by atoms with E-state index in [-0.39, 0.29) is 18.8 Å². The molecule has 3 heterocycles. The molecule has 1 aliphatic heterocycles. The van der Waals surface area contributed by atoms with Crippen molar-refractivity contribution in [2.45, 2.75) is 31.6 Å². The first kappa shape index (κ1) is 22.1. The van der Waals surface area contributed by atoms with E-state index in [0.29, 0.717) is 29.7 Å². The molecule has 3 unspecified atom stereocenters. The lowest BCUT2D eigenvalue weighted by atomic mass is 10.2. The van der Waals surface area contributed by atoms with Crippen LogP contribution in [-0.4, -0.2) is 38.4 Å². The number of hydrogen-bond donors (Lipinski definition) is 2. The van der Waals surface area contributed by atoms with E-state index in [9.17, 15) is 23.5 Å². The van der Waals surface area contributed by atoms with Gasteiger partial charge in [0.05, 0.1) is 22.6 Å². The van der Waals surface area contributed by atoms with Crippen LogP contribution < -0.4 is 5.73 Å². The molecule has 1 saturated heterocycles. The quantitative estimate of drug-likeness (QED) is 0.407. The molecule has 0 aromatic carbocycles.